The first-order valence-corrected chi connectivity index (χ1v) is 6.67. The number of nitrogens with one attached hydrogen (secondary N) is 1. The highest BCUT2D eigenvalue weighted by Gasteiger charge is 2.21. The van der Waals surface area contributed by atoms with Gasteiger partial charge in [0.05, 0.1) is 7.11 Å². The average Bonchev–Trinajstić information content (AvgIpc) is 2.74. The Kier molecular flexibility index (Phi) is 4.34. The van der Waals surface area contributed by atoms with Gasteiger partial charge in [-0.3, -0.25) is 0 Å². The zero-order valence-corrected chi connectivity index (χ0v) is 11.8. The summed E-state index contributed by atoms with van der Waals surface area (Å²) in [5.74, 6) is 4.56. The molecule has 1 aromatic rings. The van der Waals surface area contributed by atoms with Crippen LogP contribution in [-0.4, -0.2) is 19.3 Å². The predicted octanol–water partition coefficient (Wildman–Crippen LogP) is 2.52. The van der Waals surface area contributed by atoms with E-state index in [1.54, 1.807) is 7.11 Å². The first-order chi connectivity index (χ1) is 9.13. The highest BCUT2D eigenvalue weighted by Crippen LogP contribution is 2.34. The molecule has 0 fully saturated rings. The molecule has 1 N–H and O–H groups in total. The number of hydrogen-bond donors (Lipinski definition) is 1. The molecule has 2 unspecified atom stereocenters. The van der Waals surface area contributed by atoms with Crippen molar-refractivity contribution in [2.45, 2.75) is 45.4 Å². The molecule has 1 aliphatic heterocycles. The summed E-state index contributed by atoms with van der Waals surface area (Å²) in [5, 5.41) is 3.40. The number of methoxy groups -OCH3 is 1. The number of fused-ring (bicyclic) bond motifs is 1. The highest BCUT2D eigenvalue weighted by molar-refractivity contribution is 5.48. The minimum Gasteiger partial charge on any atom is -0.496 e. The molecule has 0 amide bonds. The van der Waals surface area contributed by atoms with Crippen LogP contribution in [0, 0.1) is 12.3 Å². The van der Waals surface area contributed by atoms with Crippen molar-refractivity contribution in [1.82, 2.24) is 5.32 Å². The molecule has 0 bridgehead atoms. The van der Waals surface area contributed by atoms with Crippen molar-refractivity contribution in [2.24, 2.45) is 0 Å². The summed E-state index contributed by atoms with van der Waals surface area (Å²) in [6, 6.07) is 4.46. The third kappa shape index (κ3) is 3.21. The molecule has 19 heavy (non-hydrogen) atoms. The summed E-state index contributed by atoms with van der Waals surface area (Å²) in [6.45, 7) is 4.90. The SMILES string of the molecule is C#CCC(C)NCc1cc2c(cc1OC)CC(C)O2. The fraction of sp³-hybridized carbons (Fsp3) is 0.500. The van der Waals surface area contributed by atoms with Crippen LogP contribution in [0.3, 0.4) is 0 Å². The van der Waals surface area contributed by atoms with Crippen LogP contribution in [0.5, 0.6) is 11.5 Å². The molecule has 1 aromatic carbocycles. The zero-order chi connectivity index (χ0) is 13.8. The van der Waals surface area contributed by atoms with E-state index in [4.69, 9.17) is 15.9 Å². The molecular formula is C16H21NO2. The van der Waals surface area contributed by atoms with Crippen LogP contribution in [0.2, 0.25) is 0 Å². The Bertz CT molecular complexity index is 490. The van der Waals surface area contributed by atoms with Crippen molar-refractivity contribution in [2.75, 3.05) is 7.11 Å². The molecule has 2 atom stereocenters. The Morgan fingerprint density at radius 3 is 3.05 bits per heavy atom. The topological polar surface area (TPSA) is 30.5 Å². The number of hydrogen-bond acceptors (Lipinski definition) is 3. The van der Waals surface area contributed by atoms with Gasteiger partial charge in [0.1, 0.15) is 17.6 Å². The van der Waals surface area contributed by atoms with Crippen molar-refractivity contribution in [1.29, 1.82) is 0 Å². The van der Waals surface area contributed by atoms with E-state index in [9.17, 15) is 0 Å². The van der Waals surface area contributed by atoms with Crippen LogP contribution >= 0.6 is 0 Å². The lowest BCUT2D eigenvalue weighted by atomic mass is 10.1. The van der Waals surface area contributed by atoms with Crippen molar-refractivity contribution in [3.63, 3.8) is 0 Å². The van der Waals surface area contributed by atoms with Crippen molar-refractivity contribution in [3.05, 3.63) is 23.3 Å². The Hall–Kier alpha value is -1.66. The molecule has 1 aliphatic rings. The lowest BCUT2D eigenvalue weighted by Gasteiger charge is -2.14. The van der Waals surface area contributed by atoms with E-state index in [2.05, 4.69) is 37.2 Å². The van der Waals surface area contributed by atoms with Gasteiger partial charge >= 0.3 is 0 Å². The molecule has 0 aliphatic carbocycles. The molecule has 1 heterocycles. The van der Waals surface area contributed by atoms with Gasteiger partial charge in [-0.2, -0.15) is 0 Å². The van der Waals surface area contributed by atoms with Gasteiger partial charge in [-0.05, 0) is 26.0 Å². The van der Waals surface area contributed by atoms with Crippen molar-refractivity contribution >= 4 is 0 Å². The monoisotopic (exact) mass is 259 g/mol. The van der Waals surface area contributed by atoms with Gasteiger partial charge in [-0.25, -0.2) is 0 Å². The summed E-state index contributed by atoms with van der Waals surface area (Å²) in [7, 11) is 1.70. The minimum atomic E-state index is 0.253. The minimum absolute atomic E-state index is 0.253. The quantitative estimate of drug-likeness (QED) is 0.824. The van der Waals surface area contributed by atoms with Gasteiger partial charge in [-0.1, -0.05) is 0 Å². The molecule has 0 saturated carbocycles. The molecule has 3 nitrogen and oxygen atoms in total. The van der Waals surface area contributed by atoms with E-state index in [1.165, 1.54) is 5.56 Å². The summed E-state index contributed by atoms with van der Waals surface area (Å²) >= 11 is 0. The fourth-order valence-corrected chi connectivity index (χ4v) is 2.34. The summed E-state index contributed by atoms with van der Waals surface area (Å²) in [5.41, 5.74) is 2.34. The lowest BCUT2D eigenvalue weighted by molar-refractivity contribution is 0.254. The van der Waals surface area contributed by atoms with E-state index in [1.807, 2.05) is 0 Å². The number of benzene rings is 1. The smallest absolute Gasteiger partial charge is 0.123 e. The maximum Gasteiger partial charge on any atom is 0.123 e. The van der Waals surface area contributed by atoms with Gasteiger partial charge in [-0.15, -0.1) is 12.3 Å². The Balaban J connectivity index is 2.12. The molecule has 0 saturated heterocycles. The molecule has 3 heteroatoms. The van der Waals surface area contributed by atoms with Gasteiger partial charge < -0.3 is 14.8 Å². The van der Waals surface area contributed by atoms with Crippen LogP contribution in [0.4, 0.5) is 0 Å². The average molecular weight is 259 g/mol. The van der Waals surface area contributed by atoms with Gasteiger partial charge in [0.2, 0.25) is 0 Å². The number of terminal acetylenes is 1. The highest BCUT2D eigenvalue weighted by atomic mass is 16.5. The van der Waals surface area contributed by atoms with E-state index in [0.29, 0.717) is 6.04 Å². The van der Waals surface area contributed by atoms with E-state index in [-0.39, 0.29) is 6.10 Å². The molecule has 0 spiro atoms. The molecule has 0 radical (unpaired) electrons. The summed E-state index contributed by atoms with van der Waals surface area (Å²) < 4.78 is 11.2. The van der Waals surface area contributed by atoms with E-state index in [0.717, 1.165) is 36.4 Å². The Morgan fingerprint density at radius 2 is 2.37 bits per heavy atom. The maximum atomic E-state index is 5.79. The summed E-state index contributed by atoms with van der Waals surface area (Å²) in [6.07, 6.45) is 7.24. The third-order valence-corrected chi connectivity index (χ3v) is 3.36. The Labute approximate surface area is 115 Å². The van der Waals surface area contributed by atoms with Crippen LogP contribution in [-0.2, 0) is 13.0 Å². The van der Waals surface area contributed by atoms with Crippen LogP contribution in [0.15, 0.2) is 12.1 Å². The molecule has 102 valence electrons. The molecule has 0 aromatic heterocycles. The number of ether oxygens (including phenoxy) is 2. The van der Waals surface area contributed by atoms with Gasteiger partial charge in [0.15, 0.2) is 0 Å². The van der Waals surface area contributed by atoms with Crippen LogP contribution in [0.25, 0.3) is 0 Å². The normalized spacial score (nSPS) is 18.3. The second-order valence-corrected chi connectivity index (χ2v) is 5.09. The van der Waals surface area contributed by atoms with Crippen LogP contribution in [0.1, 0.15) is 31.4 Å². The Morgan fingerprint density at radius 1 is 1.58 bits per heavy atom. The van der Waals surface area contributed by atoms with Crippen molar-refractivity contribution in [3.8, 4) is 23.8 Å². The van der Waals surface area contributed by atoms with E-state index >= 15 is 0 Å². The zero-order valence-electron chi connectivity index (χ0n) is 11.8. The lowest BCUT2D eigenvalue weighted by Crippen LogP contribution is -2.25. The van der Waals surface area contributed by atoms with Gasteiger partial charge in [0.25, 0.3) is 0 Å². The van der Waals surface area contributed by atoms with Crippen molar-refractivity contribution < 1.29 is 9.47 Å². The fourth-order valence-electron chi connectivity index (χ4n) is 2.34. The third-order valence-electron chi connectivity index (χ3n) is 3.36. The second-order valence-electron chi connectivity index (χ2n) is 5.09. The standard InChI is InChI=1S/C16H21NO2/c1-5-6-11(2)17-10-14-9-16-13(7-12(3)19-16)8-15(14)18-4/h1,8-9,11-12,17H,6-7,10H2,2-4H3. The maximum absolute atomic E-state index is 5.79. The molecule has 2 rings (SSSR count). The second kappa shape index (κ2) is 5.99. The van der Waals surface area contributed by atoms with Crippen LogP contribution < -0.4 is 14.8 Å². The summed E-state index contributed by atoms with van der Waals surface area (Å²) in [4.78, 5) is 0. The first-order valence-electron chi connectivity index (χ1n) is 6.67. The molecular weight excluding hydrogens is 238 g/mol. The number of rotatable bonds is 5. The van der Waals surface area contributed by atoms with E-state index < -0.39 is 0 Å². The first kappa shape index (κ1) is 13.8. The largest absolute Gasteiger partial charge is 0.496 e. The predicted molar refractivity (Wildman–Crippen MR) is 76.5 cm³/mol. The van der Waals surface area contributed by atoms with Gasteiger partial charge in [0, 0.05) is 36.6 Å².